The summed E-state index contributed by atoms with van der Waals surface area (Å²) in [6.07, 6.45) is 3.00. The standard InChI is InChI=1S/C9H17N5O2S/c1-17(15,16)7-8(11)12-13-9(7)14-4-2-3-6(10)5-14/h6H,2-5,10H2,1H3,(H3,11,12,13). The molecule has 2 heterocycles. The normalized spacial score (nSPS) is 21.8. The monoisotopic (exact) mass is 259 g/mol. The summed E-state index contributed by atoms with van der Waals surface area (Å²) in [5.74, 6) is 0.474. The van der Waals surface area contributed by atoms with Gasteiger partial charge in [-0.05, 0) is 12.8 Å². The molecular formula is C9H17N5O2S. The van der Waals surface area contributed by atoms with E-state index in [1.807, 2.05) is 4.90 Å². The number of nitrogens with one attached hydrogen (secondary N) is 1. The minimum Gasteiger partial charge on any atom is -0.383 e. The number of anilines is 2. The molecule has 1 saturated heterocycles. The van der Waals surface area contributed by atoms with Gasteiger partial charge in [-0.3, -0.25) is 5.10 Å². The lowest BCUT2D eigenvalue weighted by Gasteiger charge is -2.31. The lowest BCUT2D eigenvalue weighted by atomic mass is 10.1. The number of nitrogen functional groups attached to an aromatic ring is 1. The molecule has 2 rings (SSSR count). The molecule has 0 aromatic carbocycles. The zero-order chi connectivity index (χ0) is 12.6. The fraction of sp³-hybridized carbons (Fsp3) is 0.667. The summed E-state index contributed by atoms with van der Waals surface area (Å²) >= 11 is 0. The van der Waals surface area contributed by atoms with Crippen molar-refractivity contribution in [3.63, 3.8) is 0 Å². The average molecular weight is 259 g/mol. The number of rotatable bonds is 2. The van der Waals surface area contributed by atoms with Gasteiger partial charge in [-0.1, -0.05) is 0 Å². The Morgan fingerprint density at radius 1 is 1.53 bits per heavy atom. The summed E-state index contributed by atoms with van der Waals surface area (Å²) in [5, 5.41) is 6.50. The highest BCUT2D eigenvalue weighted by Crippen LogP contribution is 2.29. The van der Waals surface area contributed by atoms with Gasteiger partial charge in [-0.15, -0.1) is 0 Å². The van der Waals surface area contributed by atoms with E-state index in [0.29, 0.717) is 12.4 Å². The maximum absolute atomic E-state index is 11.7. The molecule has 5 N–H and O–H groups in total. The van der Waals surface area contributed by atoms with Crippen LogP contribution in [0.4, 0.5) is 11.6 Å². The van der Waals surface area contributed by atoms with Gasteiger partial charge in [0.25, 0.3) is 0 Å². The second-order valence-corrected chi connectivity index (χ2v) is 6.36. The van der Waals surface area contributed by atoms with Crippen molar-refractivity contribution in [2.75, 3.05) is 30.0 Å². The predicted octanol–water partition coefficient (Wildman–Crippen LogP) is -0.677. The number of aromatic nitrogens is 2. The minimum atomic E-state index is -3.39. The smallest absolute Gasteiger partial charge is 0.182 e. The molecule has 0 amide bonds. The van der Waals surface area contributed by atoms with E-state index in [1.54, 1.807) is 0 Å². The highest BCUT2D eigenvalue weighted by atomic mass is 32.2. The first-order valence-electron chi connectivity index (χ1n) is 5.44. The quantitative estimate of drug-likeness (QED) is 0.648. The van der Waals surface area contributed by atoms with Crippen LogP contribution >= 0.6 is 0 Å². The number of hydrogen-bond acceptors (Lipinski definition) is 6. The molecule has 0 bridgehead atoms. The van der Waals surface area contributed by atoms with Crippen molar-refractivity contribution >= 4 is 21.5 Å². The van der Waals surface area contributed by atoms with Crippen molar-refractivity contribution < 1.29 is 8.42 Å². The highest BCUT2D eigenvalue weighted by molar-refractivity contribution is 7.91. The van der Waals surface area contributed by atoms with E-state index in [0.717, 1.165) is 25.6 Å². The molecule has 0 radical (unpaired) electrons. The van der Waals surface area contributed by atoms with Crippen molar-refractivity contribution in [2.24, 2.45) is 5.73 Å². The Labute approximate surface area is 100 Å². The van der Waals surface area contributed by atoms with Crippen LogP contribution in [0.2, 0.25) is 0 Å². The lowest BCUT2D eigenvalue weighted by molar-refractivity contribution is 0.500. The molecule has 8 heteroatoms. The third-order valence-electron chi connectivity index (χ3n) is 2.86. The third kappa shape index (κ3) is 2.37. The van der Waals surface area contributed by atoms with Crippen molar-refractivity contribution in [3.05, 3.63) is 0 Å². The molecule has 0 aliphatic carbocycles. The molecule has 1 aliphatic heterocycles. The molecule has 0 spiro atoms. The maximum atomic E-state index is 11.7. The summed E-state index contributed by atoms with van der Waals surface area (Å²) in [4.78, 5) is 1.95. The maximum Gasteiger partial charge on any atom is 0.182 e. The predicted molar refractivity (Wildman–Crippen MR) is 65.5 cm³/mol. The van der Waals surface area contributed by atoms with Gasteiger partial charge >= 0.3 is 0 Å². The molecule has 1 aromatic heterocycles. The second kappa shape index (κ2) is 4.19. The topological polar surface area (TPSA) is 118 Å². The minimum absolute atomic E-state index is 0.0501. The van der Waals surface area contributed by atoms with E-state index in [-0.39, 0.29) is 16.8 Å². The van der Waals surface area contributed by atoms with E-state index >= 15 is 0 Å². The van der Waals surface area contributed by atoms with Crippen LogP contribution in [0.15, 0.2) is 4.90 Å². The van der Waals surface area contributed by atoms with Crippen molar-refractivity contribution in [2.45, 2.75) is 23.8 Å². The number of piperidine rings is 1. The van der Waals surface area contributed by atoms with Gasteiger partial charge in [0, 0.05) is 25.4 Å². The Hall–Kier alpha value is -1.28. The largest absolute Gasteiger partial charge is 0.383 e. The zero-order valence-corrected chi connectivity index (χ0v) is 10.5. The number of nitrogens with zero attached hydrogens (tertiary/aromatic N) is 2. The number of aromatic amines is 1. The van der Waals surface area contributed by atoms with Crippen LogP contribution in [0.5, 0.6) is 0 Å². The van der Waals surface area contributed by atoms with Gasteiger partial charge < -0.3 is 16.4 Å². The average Bonchev–Trinajstić information content (AvgIpc) is 2.59. The first kappa shape index (κ1) is 12.2. The van der Waals surface area contributed by atoms with Gasteiger partial charge in [-0.25, -0.2) is 8.42 Å². The van der Waals surface area contributed by atoms with E-state index in [4.69, 9.17) is 11.5 Å². The van der Waals surface area contributed by atoms with Gasteiger partial charge in [0.15, 0.2) is 20.6 Å². The highest BCUT2D eigenvalue weighted by Gasteiger charge is 2.27. The molecule has 17 heavy (non-hydrogen) atoms. The lowest BCUT2D eigenvalue weighted by Crippen LogP contribution is -2.43. The van der Waals surface area contributed by atoms with Gasteiger partial charge in [0.1, 0.15) is 5.82 Å². The fourth-order valence-corrected chi connectivity index (χ4v) is 3.07. The van der Waals surface area contributed by atoms with Crippen molar-refractivity contribution in [1.29, 1.82) is 0 Å². The molecular weight excluding hydrogens is 242 g/mol. The Balaban J connectivity index is 2.39. The first-order valence-corrected chi connectivity index (χ1v) is 7.33. The molecule has 1 atom stereocenters. The molecule has 1 aliphatic rings. The molecule has 7 nitrogen and oxygen atoms in total. The van der Waals surface area contributed by atoms with E-state index < -0.39 is 9.84 Å². The Bertz CT molecular complexity index is 509. The van der Waals surface area contributed by atoms with Crippen molar-refractivity contribution in [1.82, 2.24) is 10.2 Å². The third-order valence-corrected chi connectivity index (χ3v) is 4.00. The van der Waals surface area contributed by atoms with Crippen LogP contribution in [-0.4, -0.2) is 44.0 Å². The summed E-state index contributed by atoms with van der Waals surface area (Å²) in [6.45, 7) is 1.35. The van der Waals surface area contributed by atoms with Crippen LogP contribution in [0, 0.1) is 0 Å². The van der Waals surface area contributed by atoms with Gasteiger partial charge in [-0.2, -0.15) is 5.10 Å². The van der Waals surface area contributed by atoms with Gasteiger partial charge in [0.05, 0.1) is 0 Å². The fourth-order valence-electron chi connectivity index (χ4n) is 2.12. The number of sulfone groups is 1. The van der Waals surface area contributed by atoms with E-state index in [2.05, 4.69) is 10.2 Å². The molecule has 96 valence electrons. The SMILES string of the molecule is CS(=O)(=O)c1c(N2CCCC(N)C2)n[nH]c1N. The molecule has 1 fully saturated rings. The number of nitrogens with two attached hydrogens (primary N) is 2. The first-order chi connectivity index (χ1) is 7.89. The molecule has 1 unspecified atom stereocenters. The molecule has 1 aromatic rings. The second-order valence-electron chi connectivity index (χ2n) is 4.41. The van der Waals surface area contributed by atoms with E-state index in [1.165, 1.54) is 0 Å². The van der Waals surface area contributed by atoms with Crippen LogP contribution in [0.25, 0.3) is 0 Å². The Kier molecular flexibility index (Phi) is 3.00. The Morgan fingerprint density at radius 3 is 2.82 bits per heavy atom. The van der Waals surface area contributed by atoms with Crippen LogP contribution in [-0.2, 0) is 9.84 Å². The summed E-state index contributed by atoms with van der Waals surface area (Å²) in [6, 6.07) is 0.0501. The molecule has 0 saturated carbocycles. The number of hydrogen-bond donors (Lipinski definition) is 3. The summed E-state index contributed by atoms with van der Waals surface area (Å²) < 4.78 is 23.3. The summed E-state index contributed by atoms with van der Waals surface area (Å²) in [5.41, 5.74) is 11.5. The number of H-pyrrole nitrogens is 1. The zero-order valence-electron chi connectivity index (χ0n) is 9.68. The summed E-state index contributed by atoms with van der Waals surface area (Å²) in [7, 11) is -3.39. The van der Waals surface area contributed by atoms with Crippen molar-refractivity contribution in [3.8, 4) is 0 Å². The van der Waals surface area contributed by atoms with Gasteiger partial charge in [0.2, 0.25) is 0 Å². The van der Waals surface area contributed by atoms with Crippen LogP contribution in [0.3, 0.4) is 0 Å². The van der Waals surface area contributed by atoms with Crippen LogP contribution in [0.1, 0.15) is 12.8 Å². The van der Waals surface area contributed by atoms with Crippen LogP contribution < -0.4 is 16.4 Å². The Morgan fingerprint density at radius 2 is 2.24 bits per heavy atom. The van der Waals surface area contributed by atoms with E-state index in [9.17, 15) is 8.42 Å².